The van der Waals surface area contributed by atoms with Gasteiger partial charge in [-0.1, -0.05) is 63.3 Å². The zero-order valence-electron chi connectivity index (χ0n) is 23.5. The van der Waals surface area contributed by atoms with E-state index in [9.17, 15) is 13.9 Å². The fourth-order valence-corrected chi connectivity index (χ4v) is 6.78. The van der Waals surface area contributed by atoms with Gasteiger partial charge in [0.25, 0.3) is 5.92 Å². The van der Waals surface area contributed by atoms with Crippen LogP contribution in [0, 0.1) is 5.92 Å². The third-order valence-electron chi connectivity index (χ3n) is 9.03. The van der Waals surface area contributed by atoms with Crippen molar-refractivity contribution >= 4 is 5.57 Å². The van der Waals surface area contributed by atoms with Crippen LogP contribution >= 0.6 is 0 Å². The molecule has 3 aliphatic rings. The predicted octanol–water partition coefficient (Wildman–Crippen LogP) is 10.2. The van der Waals surface area contributed by atoms with Crippen LogP contribution in [-0.2, 0) is 6.42 Å². The maximum Gasteiger partial charge on any atom is 0.251 e. The zero-order chi connectivity index (χ0) is 27.2. The molecule has 0 heterocycles. The van der Waals surface area contributed by atoms with Crippen molar-refractivity contribution < 1.29 is 18.6 Å². The summed E-state index contributed by atoms with van der Waals surface area (Å²) in [4.78, 5) is 0. The molecule has 2 nitrogen and oxygen atoms in total. The number of alkyl halides is 2. The molecule has 0 bridgehead atoms. The van der Waals surface area contributed by atoms with E-state index in [2.05, 4.69) is 31.2 Å². The van der Waals surface area contributed by atoms with E-state index in [-0.39, 0.29) is 24.7 Å². The minimum atomic E-state index is -2.61. The van der Waals surface area contributed by atoms with Gasteiger partial charge in [-0.15, -0.1) is 0 Å². The highest BCUT2D eigenvalue weighted by Crippen LogP contribution is 2.44. The molecule has 0 amide bonds. The lowest BCUT2D eigenvalue weighted by Crippen LogP contribution is -2.24. The fourth-order valence-electron chi connectivity index (χ4n) is 6.78. The van der Waals surface area contributed by atoms with Crippen molar-refractivity contribution in [2.45, 2.75) is 115 Å². The summed E-state index contributed by atoms with van der Waals surface area (Å²) >= 11 is 0. The first kappa shape index (κ1) is 27.9. The van der Waals surface area contributed by atoms with Gasteiger partial charge in [-0.3, -0.25) is 0 Å². The van der Waals surface area contributed by atoms with E-state index in [4.69, 9.17) is 4.74 Å². The molecule has 4 heteroatoms. The number of unbranched alkanes of at least 4 members (excludes halogenated alkanes) is 3. The van der Waals surface area contributed by atoms with Gasteiger partial charge in [0.2, 0.25) is 0 Å². The summed E-state index contributed by atoms with van der Waals surface area (Å²) in [7, 11) is 0. The Labute approximate surface area is 233 Å². The average Bonchev–Trinajstić information content (AvgIpc) is 3.12. The summed E-state index contributed by atoms with van der Waals surface area (Å²) in [6, 6.07) is 14.0. The lowest BCUT2D eigenvalue weighted by Gasteiger charge is -2.29. The second-order valence-electron chi connectivity index (χ2n) is 12.0. The number of allylic oxidation sites excluding steroid dienone is 3. The third-order valence-corrected chi connectivity index (χ3v) is 9.03. The van der Waals surface area contributed by atoms with Gasteiger partial charge in [0.1, 0.15) is 11.5 Å². The number of phenolic OH excluding ortho intramolecular Hbond substituents is 1. The van der Waals surface area contributed by atoms with Crippen molar-refractivity contribution in [3.05, 3.63) is 76.4 Å². The number of hydrogen-bond acceptors (Lipinski definition) is 2. The van der Waals surface area contributed by atoms with Gasteiger partial charge in [0.15, 0.2) is 0 Å². The number of ether oxygens (including phenoxy) is 1. The molecule has 0 radical (unpaired) electrons. The average molecular weight is 535 g/mol. The van der Waals surface area contributed by atoms with E-state index in [1.54, 1.807) is 12.1 Å². The van der Waals surface area contributed by atoms with Crippen molar-refractivity contribution in [2.75, 3.05) is 0 Å². The van der Waals surface area contributed by atoms with Crippen LogP contribution in [0.25, 0.3) is 5.57 Å². The van der Waals surface area contributed by atoms with Gasteiger partial charge in [0.05, 0.1) is 6.10 Å². The molecule has 1 fully saturated rings. The molecule has 0 saturated heterocycles. The monoisotopic (exact) mass is 534 g/mol. The smallest absolute Gasteiger partial charge is 0.251 e. The Kier molecular flexibility index (Phi) is 9.10. The Bertz CT molecular complexity index is 1170. The van der Waals surface area contributed by atoms with E-state index in [0.717, 1.165) is 71.6 Å². The highest BCUT2D eigenvalue weighted by Gasteiger charge is 2.33. The van der Waals surface area contributed by atoms with Gasteiger partial charge in [-0.25, -0.2) is 8.78 Å². The Morgan fingerprint density at radius 1 is 0.923 bits per heavy atom. The summed E-state index contributed by atoms with van der Waals surface area (Å²) in [5.74, 6) is -0.569. The molecule has 0 aliphatic heterocycles. The molecule has 1 saturated carbocycles. The van der Waals surface area contributed by atoms with Gasteiger partial charge >= 0.3 is 0 Å². The molecule has 2 aromatic rings. The standard InChI is InChI=1S/C35H44F2O2/c1-2-3-4-5-7-25-10-15-30(16-11-25)39-31-17-12-27(13-18-31)34-32(26-20-22-35(36,37)23-21-26)9-6-8-28-24-29(38)14-19-33(28)34/h12-14,17-20,24-25,30,38H,2-11,15-16,21-23H2,1H3. The summed E-state index contributed by atoms with van der Waals surface area (Å²) in [5, 5.41) is 10.2. The Hall–Kier alpha value is -2.62. The number of hydrogen-bond donors (Lipinski definition) is 1. The maximum atomic E-state index is 14.0. The van der Waals surface area contributed by atoms with E-state index < -0.39 is 5.92 Å². The maximum absolute atomic E-state index is 14.0. The van der Waals surface area contributed by atoms with Crippen molar-refractivity contribution in [3.8, 4) is 11.5 Å². The third kappa shape index (κ3) is 7.13. The lowest BCUT2D eigenvalue weighted by atomic mass is 9.83. The SMILES string of the molecule is CCCCCCC1CCC(Oc2ccc(C3=C(C4=CCC(F)(F)CC4)CCCc4cc(O)ccc43)cc2)CC1. The molecule has 2 aromatic carbocycles. The van der Waals surface area contributed by atoms with Crippen LogP contribution in [0.5, 0.6) is 11.5 Å². The van der Waals surface area contributed by atoms with Crippen LogP contribution in [0.2, 0.25) is 0 Å². The Morgan fingerprint density at radius 2 is 1.72 bits per heavy atom. The second kappa shape index (κ2) is 12.7. The van der Waals surface area contributed by atoms with Crippen LogP contribution in [0.15, 0.2) is 59.7 Å². The van der Waals surface area contributed by atoms with Crippen molar-refractivity contribution in [1.29, 1.82) is 0 Å². The van der Waals surface area contributed by atoms with Gasteiger partial charge in [-0.2, -0.15) is 0 Å². The normalized spacial score (nSPS) is 23.1. The van der Waals surface area contributed by atoms with Crippen molar-refractivity contribution in [2.24, 2.45) is 5.92 Å². The highest BCUT2D eigenvalue weighted by molar-refractivity contribution is 5.87. The molecular weight excluding hydrogens is 490 g/mol. The quantitative estimate of drug-likeness (QED) is 0.324. The van der Waals surface area contributed by atoms with E-state index in [0.29, 0.717) is 6.42 Å². The largest absolute Gasteiger partial charge is 0.508 e. The zero-order valence-corrected chi connectivity index (χ0v) is 23.5. The van der Waals surface area contributed by atoms with Crippen LogP contribution in [0.1, 0.15) is 114 Å². The van der Waals surface area contributed by atoms with Crippen LogP contribution in [-0.4, -0.2) is 17.1 Å². The minimum Gasteiger partial charge on any atom is -0.508 e. The fraction of sp³-hybridized carbons (Fsp3) is 0.543. The molecule has 0 unspecified atom stereocenters. The predicted molar refractivity (Wildman–Crippen MR) is 156 cm³/mol. The Balaban J connectivity index is 1.33. The molecule has 0 atom stereocenters. The van der Waals surface area contributed by atoms with Gasteiger partial charge in [-0.05, 0) is 115 Å². The number of phenols is 1. The number of aromatic hydroxyl groups is 1. The van der Waals surface area contributed by atoms with Gasteiger partial charge in [0, 0.05) is 12.8 Å². The molecule has 3 aliphatic carbocycles. The second-order valence-corrected chi connectivity index (χ2v) is 12.0. The molecule has 0 spiro atoms. The molecule has 0 aromatic heterocycles. The van der Waals surface area contributed by atoms with Crippen LogP contribution in [0.4, 0.5) is 8.78 Å². The summed E-state index contributed by atoms with van der Waals surface area (Å²) in [5.41, 5.74) is 6.66. The number of aryl methyl sites for hydroxylation is 1. The lowest BCUT2D eigenvalue weighted by molar-refractivity contribution is -0.00837. The molecule has 5 rings (SSSR count). The van der Waals surface area contributed by atoms with E-state index in [1.165, 1.54) is 50.5 Å². The number of halogens is 2. The topological polar surface area (TPSA) is 29.5 Å². The Morgan fingerprint density at radius 3 is 2.44 bits per heavy atom. The first-order chi connectivity index (χ1) is 18.9. The highest BCUT2D eigenvalue weighted by atomic mass is 19.3. The number of benzene rings is 2. The molecule has 210 valence electrons. The van der Waals surface area contributed by atoms with Crippen LogP contribution in [0.3, 0.4) is 0 Å². The summed E-state index contributed by atoms with van der Waals surface area (Å²) in [6.45, 7) is 2.27. The molecule has 1 N–H and O–H groups in total. The van der Waals surface area contributed by atoms with E-state index >= 15 is 0 Å². The van der Waals surface area contributed by atoms with Crippen molar-refractivity contribution in [1.82, 2.24) is 0 Å². The molecular formula is C35H44F2O2. The summed E-state index contributed by atoms with van der Waals surface area (Å²) < 4.78 is 34.4. The first-order valence-electron chi connectivity index (χ1n) is 15.3. The van der Waals surface area contributed by atoms with Crippen molar-refractivity contribution in [3.63, 3.8) is 0 Å². The minimum absolute atomic E-state index is 0.0915. The summed E-state index contributed by atoms with van der Waals surface area (Å²) in [6.07, 6.45) is 16.4. The van der Waals surface area contributed by atoms with E-state index in [1.807, 2.05) is 12.1 Å². The number of fused-ring (bicyclic) bond motifs is 1. The molecule has 39 heavy (non-hydrogen) atoms. The van der Waals surface area contributed by atoms with Gasteiger partial charge < -0.3 is 9.84 Å². The number of rotatable bonds is 9. The van der Waals surface area contributed by atoms with Crippen LogP contribution < -0.4 is 4.74 Å². The first-order valence-corrected chi connectivity index (χ1v) is 15.3.